The van der Waals surface area contributed by atoms with Crippen molar-refractivity contribution in [2.75, 3.05) is 6.54 Å². The predicted molar refractivity (Wildman–Crippen MR) is 79.6 cm³/mol. The van der Waals surface area contributed by atoms with Gasteiger partial charge in [0, 0.05) is 16.5 Å². The first-order valence-corrected chi connectivity index (χ1v) is 6.86. The maximum absolute atomic E-state index is 12.7. The lowest BCUT2D eigenvalue weighted by Crippen LogP contribution is -2.20. The summed E-state index contributed by atoms with van der Waals surface area (Å²) in [4.78, 5) is 12.5. The third-order valence-electron chi connectivity index (χ3n) is 2.37. The Bertz CT molecular complexity index is 648. The van der Waals surface area contributed by atoms with Crippen molar-refractivity contribution in [1.29, 1.82) is 0 Å². The third kappa shape index (κ3) is 4.71. The summed E-state index contributed by atoms with van der Waals surface area (Å²) in [6.07, 6.45) is 3.23. The molecular formula is C16H12FNOS. The third-order valence-corrected chi connectivity index (χ3v) is 3.21. The van der Waals surface area contributed by atoms with Crippen molar-refractivity contribution >= 4 is 23.3 Å². The highest BCUT2D eigenvalue weighted by atomic mass is 32.1. The second-order valence-electron chi connectivity index (χ2n) is 3.88. The number of hydrogen-bond donors (Lipinski definition) is 1. The van der Waals surface area contributed by atoms with Crippen molar-refractivity contribution in [2.45, 2.75) is 0 Å². The molecule has 4 heteroatoms. The van der Waals surface area contributed by atoms with Crippen LogP contribution in [0.4, 0.5) is 4.39 Å². The van der Waals surface area contributed by atoms with Crippen LogP contribution in [0.3, 0.4) is 0 Å². The van der Waals surface area contributed by atoms with Gasteiger partial charge in [-0.2, -0.15) is 0 Å². The molecule has 1 aromatic carbocycles. The van der Waals surface area contributed by atoms with Crippen molar-refractivity contribution < 1.29 is 9.18 Å². The molecule has 0 atom stereocenters. The van der Waals surface area contributed by atoms with Crippen LogP contribution < -0.4 is 5.32 Å². The van der Waals surface area contributed by atoms with Crippen molar-refractivity contribution in [3.05, 3.63) is 64.1 Å². The average Bonchev–Trinajstić information content (AvgIpc) is 2.96. The van der Waals surface area contributed by atoms with Crippen molar-refractivity contribution in [3.8, 4) is 11.8 Å². The fraction of sp³-hybridized carbons (Fsp3) is 0.0625. The molecule has 2 rings (SSSR count). The Hall–Kier alpha value is -2.38. The standard InChI is InChI=1S/C16H12FNOS/c17-14-7-5-13(6-8-14)3-1-11-18-16(19)10-9-15-4-2-12-20-15/h2,4-10,12H,11H2,(H,18,19)/b10-9+. The number of halogens is 1. The predicted octanol–water partition coefficient (Wildman–Crippen LogP) is 3.07. The van der Waals surface area contributed by atoms with Gasteiger partial charge >= 0.3 is 0 Å². The summed E-state index contributed by atoms with van der Waals surface area (Å²) in [7, 11) is 0. The van der Waals surface area contributed by atoms with Crippen molar-refractivity contribution in [3.63, 3.8) is 0 Å². The van der Waals surface area contributed by atoms with E-state index in [1.165, 1.54) is 18.2 Å². The minimum absolute atomic E-state index is 0.188. The van der Waals surface area contributed by atoms with E-state index in [0.29, 0.717) is 0 Å². The summed E-state index contributed by atoms with van der Waals surface area (Å²) in [5.41, 5.74) is 0.717. The van der Waals surface area contributed by atoms with E-state index in [2.05, 4.69) is 17.2 Å². The molecular weight excluding hydrogens is 273 g/mol. The second-order valence-corrected chi connectivity index (χ2v) is 4.85. The monoisotopic (exact) mass is 285 g/mol. The van der Waals surface area contributed by atoms with Crippen LogP contribution >= 0.6 is 11.3 Å². The van der Waals surface area contributed by atoms with Gasteiger partial charge in [0.15, 0.2) is 0 Å². The Morgan fingerprint density at radius 2 is 2.10 bits per heavy atom. The highest BCUT2D eigenvalue weighted by molar-refractivity contribution is 7.10. The largest absolute Gasteiger partial charge is 0.342 e. The van der Waals surface area contributed by atoms with E-state index in [0.717, 1.165) is 10.4 Å². The zero-order valence-corrected chi connectivity index (χ0v) is 11.4. The average molecular weight is 285 g/mol. The van der Waals surface area contributed by atoms with Crippen LogP contribution in [0.15, 0.2) is 47.9 Å². The van der Waals surface area contributed by atoms with E-state index in [1.807, 2.05) is 17.5 Å². The molecule has 0 aliphatic heterocycles. The highest BCUT2D eigenvalue weighted by Crippen LogP contribution is 2.09. The van der Waals surface area contributed by atoms with Crippen LogP contribution in [0.5, 0.6) is 0 Å². The van der Waals surface area contributed by atoms with Crippen LogP contribution in [0.2, 0.25) is 0 Å². The first-order chi connectivity index (χ1) is 9.74. The molecule has 100 valence electrons. The molecule has 1 N–H and O–H groups in total. The number of carbonyl (C=O) groups excluding carboxylic acids is 1. The van der Waals surface area contributed by atoms with Crippen LogP contribution in [-0.2, 0) is 4.79 Å². The Morgan fingerprint density at radius 3 is 2.80 bits per heavy atom. The molecule has 20 heavy (non-hydrogen) atoms. The van der Waals surface area contributed by atoms with E-state index in [-0.39, 0.29) is 18.3 Å². The topological polar surface area (TPSA) is 29.1 Å². The summed E-state index contributed by atoms with van der Waals surface area (Å²) in [5, 5.41) is 4.61. The number of carbonyl (C=O) groups is 1. The lowest BCUT2D eigenvalue weighted by atomic mass is 10.2. The zero-order chi connectivity index (χ0) is 14.2. The van der Waals surface area contributed by atoms with Crippen molar-refractivity contribution in [1.82, 2.24) is 5.32 Å². The van der Waals surface area contributed by atoms with Gasteiger partial charge in [-0.3, -0.25) is 4.79 Å². The summed E-state index contributed by atoms with van der Waals surface area (Å²) < 4.78 is 12.7. The minimum Gasteiger partial charge on any atom is -0.342 e. The quantitative estimate of drug-likeness (QED) is 0.681. The van der Waals surface area contributed by atoms with Gasteiger partial charge in [0.1, 0.15) is 5.82 Å². The molecule has 0 saturated carbocycles. The van der Waals surface area contributed by atoms with Crippen LogP contribution in [0.25, 0.3) is 6.08 Å². The Kier molecular flexibility index (Phi) is 5.10. The van der Waals surface area contributed by atoms with Gasteiger partial charge < -0.3 is 5.32 Å². The highest BCUT2D eigenvalue weighted by Gasteiger charge is 1.93. The van der Waals surface area contributed by atoms with Gasteiger partial charge in [0.25, 0.3) is 0 Å². The molecule has 2 nitrogen and oxygen atoms in total. The van der Waals surface area contributed by atoms with Gasteiger partial charge in [-0.25, -0.2) is 4.39 Å². The molecule has 0 fully saturated rings. The smallest absolute Gasteiger partial charge is 0.244 e. The zero-order valence-electron chi connectivity index (χ0n) is 10.6. The first-order valence-electron chi connectivity index (χ1n) is 5.98. The molecule has 1 aromatic heterocycles. The van der Waals surface area contributed by atoms with E-state index >= 15 is 0 Å². The molecule has 0 saturated heterocycles. The van der Waals surface area contributed by atoms with E-state index < -0.39 is 0 Å². The Morgan fingerprint density at radius 1 is 1.30 bits per heavy atom. The minimum atomic E-state index is -0.289. The van der Waals surface area contributed by atoms with E-state index in [9.17, 15) is 9.18 Å². The van der Waals surface area contributed by atoms with Gasteiger partial charge in [-0.15, -0.1) is 11.3 Å². The fourth-order valence-corrected chi connectivity index (χ4v) is 2.03. The lowest BCUT2D eigenvalue weighted by molar-refractivity contribution is -0.116. The van der Waals surface area contributed by atoms with Gasteiger partial charge in [0.05, 0.1) is 6.54 Å². The molecule has 0 bridgehead atoms. The summed E-state index contributed by atoms with van der Waals surface area (Å²) in [6.45, 7) is 0.255. The summed E-state index contributed by atoms with van der Waals surface area (Å²) >= 11 is 1.57. The Labute approximate surface area is 121 Å². The SMILES string of the molecule is O=C(/C=C/c1cccs1)NCC#Cc1ccc(F)cc1. The van der Waals surface area contributed by atoms with Crippen LogP contribution in [0.1, 0.15) is 10.4 Å². The van der Waals surface area contributed by atoms with Gasteiger partial charge in [0.2, 0.25) is 5.91 Å². The van der Waals surface area contributed by atoms with Gasteiger partial charge in [-0.05, 0) is 41.8 Å². The normalized spacial score (nSPS) is 10.1. The molecule has 2 aromatic rings. The maximum Gasteiger partial charge on any atom is 0.244 e. The van der Waals surface area contributed by atoms with E-state index in [1.54, 1.807) is 29.5 Å². The number of amides is 1. The maximum atomic E-state index is 12.7. The van der Waals surface area contributed by atoms with Crippen molar-refractivity contribution in [2.24, 2.45) is 0 Å². The molecule has 1 heterocycles. The lowest BCUT2D eigenvalue weighted by Gasteiger charge is -1.94. The molecule has 0 radical (unpaired) electrons. The fourth-order valence-electron chi connectivity index (χ4n) is 1.41. The van der Waals surface area contributed by atoms with Gasteiger partial charge in [-0.1, -0.05) is 17.9 Å². The number of hydrogen-bond acceptors (Lipinski definition) is 2. The summed E-state index contributed by atoms with van der Waals surface area (Å²) in [6, 6.07) is 9.76. The van der Waals surface area contributed by atoms with Crippen LogP contribution in [-0.4, -0.2) is 12.5 Å². The number of rotatable bonds is 3. The number of benzene rings is 1. The first kappa shape index (κ1) is 14.0. The summed E-state index contributed by atoms with van der Waals surface area (Å²) in [5.74, 6) is 5.18. The molecule has 0 unspecified atom stereocenters. The molecule has 0 aliphatic carbocycles. The molecule has 1 amide bonds. The van der Waals surface area contributed by atoms with E-state index in [4.69, 9.17) is 0 Å². The number of thiophene rings is 1. The number of nitrogens with one attached hydrogen (secondary N) is 1. The molecule has 0 aliphatic rings. The Balaban J connectivity index is 1.78. The van der Waals surface area contributed by atoms with Crippen LogP contribution in [0, 0.1) is 17.7 Å². The second kappa shape index (κ2) is 7.27. The molecule has 0 spiro atoms.